The van der Waals surface area contributed by atoms with Crippen LogP contribution in [0.3, 0.4) is 0 Å². The minimum Gasteiger partial charge on any atom is -0.494 e. The molecule has 1 aromatic carbocycles. The fourth-order valence-electron chi connectivity index (χ4n) is 3.30. The molecule has 2 N–H and O–H groups in total. The van der Waals surface area contributed by atoms with Crippen LogP contribution >= 0.6 is 23.6 Å². The Morgan fingerprint density at radius 2 is 2.14 bits per heavy atom. The fraction of sp³-hybridized carbons (Fsp3) is 0.409. The Morgan fingerprint density at radius 1 is 1.38 bits per heavy atom. The van der Waals surface area contributed by atoms with Crippen LogP contribution in [0, 0.1) is 17.2 Å². The molecule has 3 rings (SSSR count). The number of nitriles is 1. The van der Waals surface area contributed by atoms with Gasteiger partial charge in [-0.3, -0.25) is 10.1 Å². The first-order valence-electron chi connectivity index (χ1n) is 9.91. The van der Waals surface area contributed by atoms with E-state index in [1.54, 1.807) is 35.6 Å². The van der Waals surface area contributed by atoms with Gasteiger partial charge in [0.05, 0.1) is 12.2 Å². The molecule has 2 aromatic rings. The third-order valence-corrected chi connectivity index (χ3v) is 6.33. The zero-order chi connectivity index (χ0) is 20.8. The van der Waals surface area contributed by atoms with Crippen molar-refractivity contribution in [3.05, 3.63) is 45.8 Å². The molecule has 0 saturated carbocycles. The Hall–Kier alpha value is -2.43. The Balaban J connectivity index is 1.61. The molecule has 152 valence electrons. The molecule has 1 atom stereocenters. The van der Waals surface area contributed by atoms with Gasteiger partial charge >= 0.3 is 0 Å². The van der Waals surface area contributed by atoms with Gasteiger partial charge in [-0.2, -0.15) is 5.26 Å². The van der Waals surface area contributed by atoms with Crippen molar-refractivity contribution in [1.29, 1.82) is 5.26 Å². The van der Waals surface area contributed by atoms with Gasteiger partial charge in [-0.25, -0.2) is 0 Å². The van der Waals surface area contributed by atoms with Gasteiger partial charge < -0.3 is 10.1 Å². The third kappa shape index (κ3) is 5.34. The molecule has 1 amide bonds. The van der Waals surface area contributed by atoms with Crippen molar-refractivity contribution in [3.63, 3.8) is 0 Å². The van der Waals surface area contributed by atoms with Gasteiger partial charge in [-0.1, -0.05) is 20.3 Å². The number of thiophene rings is 1. The molecule has 1 heterocycles. The lowest BCUT2D eigenvalue weighted by molar-refractivity contribution is 0.0977. The fourth-order valence-corrected chi connectivity index (χ4v) is 4.93. The number of hydrogen-bond acceptors (Lipinski definition) is 5. The molecule has 1 aromatic heterocycles. The second kappa shape index (κ2) is 9.86. The van der Waals surface area contributed by atoms with Crippen molar-refractivity contribution in [2.75, 3.05) is 11.9 Å². The first-order chi connectivity index (χ1) is 14.0. The van der Waals surface area contributed by atoms with Gasteiger partial charge in [-0.05, 0) is 73.6 Å². The van der Waals surface area contributed by atoms with Crippen molar-refractivity contribution in [1.82, 2.24) is 5.32 Å². The Bertz CT molecular complexity index is 929. The molecule has 0 radical (unpaired) electrons. The van der Waals surface area contributed by atoms with E-state index < -0.39 is 0 Å². The van der Waals surface area contributed by atoms with Crippen LogP contribution in [0.25, 0.3) is 0 Å². The highest BCUT2D eigenvalue weighted by molar-refractivity contribution is 7.80. The maximum Gasteiger partial charge on any atom is 0.257 e. The van der Waals surface area contributed by atoms with Crippen LogP contribution in [-0.2, 0) is 12.8 Å². The van der Waals surface area contributed by atoms with Crippen molar-refractivity contribution >= 4 is 39.6 Å². The number of nitrogens with zero attached hydrogens (tertiary/aromatic N) is 1. The van der Waals surface area contributed by atoms with Crippen molar-refractivity contribution < 1.29 is 9.53 Å². The van der Waals surface area contributed by atoms with Gasteiger partial charge in [0.15, 0.2) is 5.11 Å². The molecule has 0 spiro atoms. The first-order valence-corrected chi connectivity index (χ1v) is 11.1. The summed E-state index contributed by atoms with van der Waals surface area (Å²) in [4.78, 5) is 13.7. The van der Waals surface area contributed by atoms with E-state index in [0.29, 0.717) is 23.7 Å². The van der Waals surface area contributed by atoms with E-state index in [1.165, 1.54) is 4.88 Å². The van der Waals surface area contributed by atoms with E-state index >= 15 is 0 Å². The summed E-state index contributed by atoms with van der Waals surface area (Å²) < 4.78 is 5.62. The maximum atomic E-state index is 12.5. The summed E-state index contributed by atoms with van der Waals surface area (Å²) in [5.41, 5.74) is 2.28. The monoisotopic (exact) mass is 427 g/mol. The average Bonchev–Trinajstić information content (AvgIpc) is 3.04. The van der Waals surface area contributed by atoms with Crippen molar-refractivity contribution in [3.8, 4) is 11.8 Å². The maximum absolute atomic E-state index is 12.5. The second-order valence-corrected chi connectivity index (χ2v) is 8.82. The highest BCUT2D eigenvalue weighted by Gasteiger charge is 2.24. The molecule has 1 aliphatic rings. The van der Waals surface area contributed by atoms with Crippen LogP contribution in [0.1, 0.15) is 59.5 Å². The van der Waals surface area contributed by atoms with E-state index in [1.807, 2.05) is 0 Å². The predicted octanol–water partition coefficient (Wildman–Crippen LogP) is 5.05. The third-order valence-electron chi connectivity index (χ3n) is 4.96. The SMILES string of the molecule is CCCCOc1ccc(C(=O)NC(=S)Nc2sc3c(c2C#N)CC[C@H](C)C3)cc1. The van der Waals surface area contributed by atoms with Gasteiger partial charge in [-0.15, -0.1) is 11.3 Å². The lowest BCUT2D eigenvalue weighted by Crippen LogP contribution is -2.34. The quantitative estimate of drug-likeness (QED) is 0.498. The molecular weight excluding hydrogens is 402 g/mol. The summed E-state index contributed by atoms with van der Waals surface area (Å²) in [7, 11) is 0. The molecule has 29 heavy (non-hydrogen) atoms. The number of anilines is 1. The summed E-state index contributed by atoms with van der Waals surface area (Å²) in [6.07, 6.45) is 5.07. The summed E-state index contributed by atoms with van der Waals surface area (Å²) in [5, 5.41) is 16.2. The molecule has 0 unspecified atom stereocenters. The van der Waals surface area contributed by atoms with E-state index in [9.17, 15) is 10.1 Å². The number of rotatable bonds is 6. The van der Waals surface area contributed by atoms with Crippen LogP contribution in [0.5, 0.6) is 5.75 Å². The van der Waals surface area contributed by atoms with Crippen LogP contribution < -0.4 is 15.4 Å². The number of fused-ring (bicyclic) bond motifs is 1. The number of thiocarbonyl (C=S) groups is 1. The van der Waals surface area contributed by atoms with E-state index in [0.717, 1.165) is 48.4 Å². The normalized spacial score (nSPS) is 15.1. The van der Waals surface area contributed by atoms with Gasteiger partial charge in [0.2, 0.25) is 0 Å². The lowest BCUT2D eigenvalue weighted by Gasteiger charge is -2.17. The highest BCUT2D eigenvalue weighted by Crippen LogP contribution is 2.39. The molecule has 0 saturated heterocycles. The molecule has 0 aliphatic heterocycles. The largest absolute Gasteiger partial charge is 0.494 e. The number of unbranched alkanes of at least 4 members (excludes halogenated alkanes) is 1. The molecular formula is C22H25N3O2S2. The molecule has 5 nitrogen and oxygen atoms in total. The summed E-state index contributed by atoms with van der Waals surface area (Å²) >= 11 is 6.87. The van der Waals surface area contributed by atoms with Gasteiger partial charge in [0, 0.05) is 10.4 Å². The van der Waals surface area contributed by atoms with Crippen LogP contribution in [-0.4, -0.2) is 17.6 Å². The topological polar surface area (TPSA) is 74.2 Å². The van der Waals surface area contributed by atoms with Crippen molar-refractivity contribution in [2.24, 2.45) is 5.92 Å². The number of carbonyl (C=O) groups excluding carboxylic acids is 1. The van der Waals surface area contributed by atoms with Gasteiger partial charge in [0.1, 0.15) is 16.8 Å². The number of hydrogen-bond donors (Lipinski definition) is 2. The molecule has 1 aliphatic carbocycles. The lowest BCUT2D eigenvalue weighted by atomic mass is 9.89. The minimum absolute atomic E-state index is 0.196. The average molecular weight is 428 g/mol. The molecule has 7 heteroatoms. The Morgan fingerprint density at radius 3 is 2.83 bits per heavy atom. The highest BCUT2D eigenvalue weighted by atomic mass is 32.1. The predicted molar refractivity (Wildman–Crippen MR) is 121 cm³/mol. The van der Waals surface area contributed by atoms with E-state index in [2.05, 4.69) is 30.6 Å². The van der Waals surface area contributed by atoms with Crippen LogP contribution in [0.15, 0.2) is 24.3 Å². The van der Waals surface area contributed by atoms with Crippen LogP contribution in [0.4, 0.5) is 5.00 Å². The van der Waals surface area contributed by atoms with Gasteiger partial charge in [0.25, 0.3) is 5.91 Å². The second-order valence-electron chi connectivity index (χ2n) is 7.30. The molecule has 0 fully saturated rings. The standard InChI is InChI=1S/C22H25N3O2S2/c1-3-4-11-27-16-8-6-15(7-9-16)20(26)24-22(28)25-21-18(13-23)17-10-5-14(2)12-19(17)29-21/h6-9,14H,3-5,10-12H2,1-2H3,(H2,24,25,26,28)/t14-/m0/s1. The number of amides is 1. The molecule has 0 bridgehead atoms. The summed E-state index contributed by atoms with van der Waals surface area (Å²) in [5.74, 6) is 1.07. The summed E-state index contributed by atoms with van der Waals surface area (Å²) in [6, 6.07) is 9.29. The zero-order valence-corrected chi connectivity index (χ0v) is 18.3. The first kappa shape index (κ1) is 21.3. The van der Waals surface area contributed by atoms with E-state index in [-0.39, 0.29) is 11.0 Å². The minimum atomic E-state index is -0.295. The van der Waals surface area contributed by atoms with Crippen LogP contribution in [0.2, 0.25) is 0 Å². The Kier molecular flexibility index (Phi) is 7.24. The number of nitrogens with one attached hydrogen (secondary N) is 2. The Labute approximate surface area is 181 Å². The number of ether oxygens (including phenoxy) is 1. The summed E-state index contributed by atoms with van der Waals surface area (Å²) in [6.45, 7) is 5.01. The number of carbonyl (C=O) groups is 1. The van der Waals surface area contributed by atoms with E-state index in [4.69, 9.17) is 17.0 Å². The van der Waals surface area contributed by atoms with Crippen molar-refractivity contribution in [2.45, 2.75) is 46.0 Å². The smallest absolute Gasteiger partial charge is 0.257 e. The zero-order valence-electron chi connectivity index (χ0n) is 16.7. The number of benzene rings is 1.